The van der Waals surface area contributed by atoms with E-state index in [9.17, 15) is 9.18 Å². The first kappa shape index (κ1) is 18.6. The molecule has 1 aromatic carbocycles. The molecule has 6 nitrogen and oxygen atoms in total. The minimum Gasteiger partial charge on any atom is -0.366 e. The molecule has 0 radical (unpaired) electrons. The summed E-state index contributed by atoms with van der Waals surface area (Å²) in [7, 11) is 0. The maximum absolute atomic E-state index is 13.7. The number of fused-ring (bicyclic) bond motifs is 1. The van der Waals surface area contributed by atoms with Crippen LogP contribution in [0.4, 0.5) is 15.9 Å². The third-order valence-corrected chi connectivity index (χ3v) is 4.56. The molecule has 0 aliphatic heterocycles. The lowest BCUT2D eigenvalue weighted by Gasteiger charge is -2.11. The van der Waals surface area contributed by atoms with Crippen molar-refractivity contribution in [2.24, 2.45) is 0 Å². The molecule has 1 amide bonds. The van der Waals surface area contributed by atoms with Crippen LogP contribution in [0.5, 0.6) is 0 Å². The summed E-state index contributed by atoms with van der Waals surface area (Å²) in [5, 5.41) is 5.98. The van der Waals surface area contributed by atoms with Crippen LogP contribution in [0, 0.1) is 12.7 Å². The third-order valence-electron chi connectivity index (χ3n) is 4.56. The summed E-state index contributed by atoms with van der Waals surface area (Å²) in [5.41, 5.74) is 3.56. The molecular formula is C22H20FN5O. The van der Waals surface area contributed by atoms with E-state index in [0.717, 1.165) is 11.2 Å². The highest BCUT2D eigenvalue weighted by Crippen LogP contribution is 2.18. The van der Waals surface area contributed by atoms with Crippen molar-refractivity contribution in [2.45, 2.75) is 19.9 Å². The zero-order valence-electron chi connectivity index (χ0n) is 15.9. The highest BCUT2D eigenvalue weighted by molar-refractivity contribution is 5.92. The molecule has 0 spiro atoms. The van der Waals surface area contributed by atoms with Crippen molar-refractivity contribution >= 4 is 23.1 Å². The van der Waals surface area contributed by atoms with Gasteiger partial charge in [0.05, 0.1) is 24.0 Å². The SMILES string of the molecule is Cc1cc(NCc2ccccc2F)ncc1NC(=O)Cc1cn2ccccc2n1. The van der Waals surface area contributed by atoms with Gasteiger partial charge in [-0.2, -0.15) is 0 Å². The fraction of sp³-hybridized carbons (Fsp3) is 0.136. The van der Waals surface area contributed by atoms with Gasteiger partial charge in [0.2, 0.25) is 5.91 Å². The lowest BCUT2D eigenvalue weighted by atomic mass is 10.2. The van der Waals surface area contributed by atoms with Gasteiger partial charge in [0.1, 0.15) is 17.3 Å². The second-order valence-corrected chi connectivity index (χ2v) is 6.75. The number of halogens is 1. The topological polar surface area (TPSA) is 71.3 Å². The largest absolute Gasteiger partial charge is 0.366 e. The van der Waals surface area contributed by atoms with Crippen LogP contribution in [0.2, 0.25) is 0 Å². The van der Waals surface area contributed by atoms with Crippen molar-refractivity contribution in [1.82, 2.24) is 14.4 Å². The van der Waals surface area contributed by atoms with Gasteiger partial charge >= 0.3 is 0 Å². The van der Waals surface area contributed by atoms with E-state index in [1.54, 1.807) is 24.4 Å². The number of imidazole rings is 1. The molecule has 0 aliphatic rings. The number of nitrogens with one attached hydrogen (secondary N) is 2. The van der Waals surface area contributed by atoms with Crippen LogP contribution in [0.3, 0.4) is 0 Å². The molecule has 3 heterocycles. The number of anilines is 2. The molecule has 0 fully saturated rings. The Morgan fingerprint density at radius 1 is 1.17 bits per heavy atom. The average Bonchev–Trinajstić information content (AvgIpc) is 3.11. The smallest absolute Gasteiger partial charge is 0.230 e. The van der Waals surface area contributed by atoms with Crippen LogP contribution in [0.15, 0.2) is 67.1 Å². The Labute approximate surface area is 167 Å². The van der Waals surface area contributed by atoms with Crippen LogP contribution >= 0.6 is 0 Å². The Hall–Kier alpha value is -3.74. The third kappa shape index (κ3) is 4.40. The van der Waals surface area contributed by atoms with Crippen molar-refractivity contribution < 1.29 is 9.18 Å². The van der Waals surface area contributed by atoms with Gasteiger partial charge in [0, 0.05) is 24.5 Å². The highest BCUT2D eigenvalue weighted by Gasteiger charge is 2.10. The lowest BCUT2D eigenvalue weighted by Crippen LogP contribution is -2.16. The Morgan fingerprint density at radius 2 is 2.00 bits per heavy atom. The van der Waals surface area contributed by atoms with E-state index in [1.165, 1.54) is 6.07 Å². The average molecular weight is 389 g/mol. The van der Waals surface area contributed by atoms with E-state index in [0.29, 0.717) is 29.3 Å². The molecular weight excluding hydrogens is 369 g/mol. The van der Waals surface area contributed by atoms with Crippen LogP contribution in [-0.4, -0.2) is 20.3 Å². The number of nitrogens with zero attached hydrogens (tertiary/aromatic N) is 3. The van der Waals surface area contributed by atoms with E-state index < -0.39 is 0 Å². The molecule has 2 N–H and O–H groups in total. The zero-order chi connectivity index (χ0) is 20.2. The van der Waals surface area contributed by atoms with E-state index in [2.05, 4.69) is 20.6 Å². The maximum Gasteiger partial charge on any atom is 0.230 e. The van der Waals surface area contributed by atoms with Crippen molar-refractivity contribution in [3.63, 3.8) is 0 Å². The second-order valence-electron chi connectivity index (χ2n) is 6.75. The number of pyridine rings is 2. The number of carbonyl (C=O) groups is 1. The first-order valence-electron chi connectivity index (χ1n) is 9.25. The lowest BCUT2D eigenvalue weighted by molar-refractivity contribution is -0.115. The number of aryl methyl sites for hydroxylation is 1. The number of hydrogen-bond donors (Lipinski definition) is 2. The summed E-state index contributed by atoms with van der Waals surface area (Å²) >= 11 is 0. The molecule has 0 atom stereocenters. The van der Waals surface area contributed by atoms with Gasteiger partial charge in [-0.1, -0.05) is 24.3 Å². The normalized spacial score (nSPS) is 10.8. The number of benzene rings is 1. The molecule has 0 bridgehead atoms. The summed E-state index contributed by atoms with van der Waals surface area (Å²) in [6, 6.07) is 14.1. The monoisotopic (exact) mass is 389 g/mol. The Morgan fingerprint density at radius 3 is 2.79 bits per heavy atom. The summed E-state index contributed by atoms with van der Waals surface area (Å²) in [6.45, 7) is 2.22. The molecule has 4 aromatic rings. The standard InChI is InChI=1S/C22H20FN5O/c1-15-10-20(24-12-16-6-2-3-7-18(16)23)25-13-19(15)27-22(29)11-17-14-28-9-5-4-8-21(28)26-17/h2-10,13-14H,11-12H2,1H3,(H,24,25)(H,27,29). The molecule has 0 aliphatic carbocycles. The minimum absolute atomic E-state index is 0.162. The molecule has 29 heavy (non-hydrogen) atoms. The van der Waals surface area contributed by atoms with E-state index in [-0.39, 0.29) is 18.1 Å². The Bertz CT molecular complexity index is 1140. The maximum atomic E-state index is 13.7. The minimum atomic E-state index is -0.257. The molecule has 0 unspecified atom stereocenters. The number of carbonyl (C=O) groups excluding carboxylic acids is 1. The highest BCUT2D eigenvalue weighted by atomic mass is 19.1. The molecule has 3 aromatic heterocycles. The fourth-order valence-corrected chi connectivity index (χ4v) is 3.04. The van der Waals surface area contributed by atoms with Crippen molar-refractivity contribution in [2.75, 3.05) is 10.6 Å². The van der Waals surface area contributed by atoms with Gasteiger partial charge in [-0.05, 0) is 36.8 Å². The number of hydrogen-bond acceptors (Lipinski definition) is 4. The zero-order valence-corrected chi connectivity index (χ0v) is 15.9. The predicted octanol–water partition coefficient (Wildman–Crippen LogP) is 3.97. The summed E-state index contributed by atoms with van der Waals surface area (Å²) in [5.74, 6) is 0.196. The first-order chi connectivity index (χ1) is 14.1. The van der Waals surface area contributed by atoms with Crippen molar-refractivity contribution in [3.05, 3.63) is 89.8 Å². The van der Waals surface area contributed by atoms with Gasteiger partial charge in [-0.25, -0.2) is 14.4 Å². The molecule has 4 rings (SSSR count). The van der Waals surface area contributed by atoms with Crippen LogP contribution in [0.1, 0.15) is 16.8 Å². The quantitative estimate of drug-likeness (QED) is 0.523. The summed E-state index contributed by atoms with van der Waals surface area (Å²) < 4.78 is 15.6. The molecule has 0 saturated carbocycles. The Kier molecular flexibility index (Phi) is 5.20. The van der Waals surface area contributed by atoms with E-state index in [4.69, 9.17) is 0 Å². The van der Waals surface area contributed by atoms with E-state index in [1.807, 2.05) is 48.0 Å². The van der Waals surface area contributed by atoms with Gasteiger partial charge in [-0.15, -0.1) is 0 Å². The van der Waals surface area contributed by atoms with Crippen LogP contribution in [0.25, 0.3) is 5.65 Å². The van der Waals surface area contributed by atoms with Gasteiger partial charge in [0.25, 0.3) is 0 Å². The second kappa shape index (κ2) is 8.10. The van der Waals surface area contributed by atoms with Crippen molar-refractivity contribution in [3.8, 4) is 0 Å². The van der Waals surface area contributed by atoms with Gasteiger partial charge in [0.15, 0.2) is 0 Å². The number of amides is 1. The van der Waals surface area contributed by atoms with Crippen LogP contribution < -0.4 is 10.6 Å². The fourth-order valence-electron chi connectivity index (χ4n) is 3.04. The number of rotatable bonds is 6. The van der Waals surface area contributed by atoms with Gasteiger partial charge < -0.3 is 15.0 Å². The predicted molar refractivity (Wildman–Crippen MR) is 110 cm³/mol. The Balaban J connectivity index is 1.38. The number of aromatic nitrogens is 3. The molecule has 0 saturated heterocycles. The first-order valence-corrected chi connectivity index (χ1v) is 9.25. The molecule has 7 heteroatoms. The van der Waals surface area contributed by atoms with Gasteiger partial charge in [-0.3, -0.25) is 4.79 Å². The summed E-state index contributed by atoms with van der Waals surface area (Å²) in [4.78, 5) is 21.1. The molecule has 146 valence electrons. The van der Waals surface area contributed by atoms with E-state index >= 15 is 0 Å². The summed E-state index contributed by atoms with van der Waals surface area (Å²) in [6.07, 6.45) is 5.51. The van der Waals surface area contributed by atoms with Crippen LogP contribution in [-0.2, 0) is 17.8 Å². The van der Waals surface area contributed by atoms with Crippen molar-refractivity contribution in [1.29, 1.82) is 0 Å².